The maximum atomic E-state index is 12.5. The van der Waals surface area contributed by atoms with E-state index in [9.17, 15) is 9.59 Å². The number of halogens is 2. The fourth-order valence-electron chi connectivity index (χ4n) is 1.99. The lowest BCUT2D eigenvalue weighted by molar-refractivity contribution is -0.119. The monoisotopic (exact) mass is 319 g/mol. The standard InChI is InChI=1S/C14H7Cl2N3O2/c15-9-3-1-8(2-4-9)11-12(16)14(21)19(13(11)20)10-5-6-17-7-18-10/h1-7H. The van der Waals surface area contributed by atoms with Gasteiger partial charge in [0.05, 0.1) is 5.57 Å². The Hall–Kier alpha value is -2.24. The Kier molecular flexibility index (Phi) is 3.45. The first-order valence-electron chi connectivity index (χ1n) is 5.90. The van der Waals surface area contributed by atoms with Gasteiger partial charge < -0.3 is 0 Å². The molecule has 5 nitrogen and oxygen atoms in total. The van der Waals surface area contributed by atoms with E-state index in [0.29, 0.717) is 10.6 Å². The van der Waals surface area contributed by atoms with Crippen LogP contribution in [0.25, 0.3) is 5.57 Å². The van der Waals surface area contributed by atoms with Crippen LogP contribution >= 0.6 is 23.2 Å². The summed E-state index contributed by atoms with van der Waals surface area (Å²) in [5, 5.41) is 0.390. The molecule has 3 rings (SSSR count). The molecule has 1 aromatic carbocycles. The number of hydrogen-bond acceptors (Lipinski definition) is 4. The van der Waals surface area contributed by atoms with Gasteiger partial charge in [-0.3, -0.25) is 9.59 Å². The summed E-state index contributed by atoms with van der Waals surface area (Å²) in [5.41, 5.74) is 0.663. The maximum Gasteiger partial charge on any atom is 0.278 e. The number of aromatic nitrogens is 2. The van der Waals surface area contributed by atoms with Crippen LogP contribution in [0.15, 0.2) is 47.9 Å². The van der Waals surface area contributed by atoms with Crippen LogP contribution < -0.4 is 4.90 Å². The smallest absolute Gasteiger partial charge is 0.268 e. The van der Waals surface area contributed by atoms with Crippen molar-refractivity contribution in [2.24, 2.45) is 0 Å². The average molecular weight is 320 g/mol. The third kappa shape index (κ3) is 2.30. The number of carbonyl (C=O) groups excluding carboxylic acids is 2. The summed E-state index contributed by atoms with van der Waals surface area (Å²) in [6.45, 7) is 0. The Bertz CT molecular complexity index is 758. The summed E-state index contributed by atoms with van der Waals surface area (Å²) in [5.74, 6) is -0.946. The van der Waals surface area contributed by atoms with Crippen molar-refractivity contribution in [3.8, 4) is 0 Å². The van der Waals surface area contributed by atoms with Gasteiger partial charge >= 0.3 is 0 Å². The molecular formula is C14H7Cl2N3O2. The van der Waals surface area contributed by atoms with Crippen LogP contribution in [-0.4, -0.2) is 21.8 Å². The minimum absolute atomic E-state index is 0.136. The normalized spacial score (nSPS) is 15.0. The number of rotatable bonds is 2. The molecule has 0 fully saturated rings. The summed E-state index contributed by atoms with van der Waals surface area (Å²) in [6.07, 6.45) is 2.70. The largest absolute Gasteiger partial charge is 0.278 e. The number of nitrogens with zero attached hydrogens (tertiary/aromatic N) is 3. The topological polar surface area (TPSA) is 63.2 Å². The Morgan fingerprint density at radius 3 is 2.29 bits per heavy atom. The molecule has 2 amide bonds. The zero-order valence-corrected chi connectivity index (χ0v) is 12.0. The van der Waals surface area contributed by atoms with Crippen molar-refractivity contribution < 1.29 is 9.59 Å². The second-order valence-electron chi connectivity index (χ2n) is 4.21. The second-order valence-corrected chi connectivity index (χ2v) is 5.02. The number of anilines is 1. The molecule has 2 aromatic rings. The molecule has 2 heterocycles. The number of hydrogen-bond donors (Lipinski definition) is 0. The molecule has 21 heavy (non-hydrogen) atoms. The van der Waals surface area contributed by atoms with E-state index in [0.717, 1.165) is 4.90 Å². The van der Waals surface area contributed by atoms with Crippen LogP contribution in [0.1, 0.15) is 5.56 Å². The van der Waals surface area contributed by atoms with E-state index in [4.69, 9.17) is 23.2 Å². The molecule has 7 heteroatoms. The van der Waals surface area contributed by atoms with E-state index in [1.165, 1.54) is 18.6 Å². The third-order valence-electron chi connectivity index (χ3n) is 2.96. The lowest BCUT2D eigenvalue weighted by Crippen LogP contribution is -2.31. The fourth-order valence-corrected chi connectivity index (χ4v) is 2.39. The van der Waals surface area contributed by atoms with Crippen LogP contribution in [0.2, 0.25) is 5.02 Å². The van der Waals surface area contributed by atoms with Gasteiger partial charge in [0.15, 0.2) is 0 Å². The number of amides is 2. The van der Waals surface area contributed by atoms with E-state index in [1.54, 1.807) is 24.3 Å². The Labute approximate surface area is 129 Å². The van der Waals surface area contributed by atoms with E-state index in [1.807, 2.05) is 0 Å². The highest BCUT2D eigenvalue weighted by molar-refractivity contribution is 6.60. The molecule has 1 aromatic heterocycles. The summed E-state index contributed by atoms with van der Waals surface area (Å²) >= 11 is 11.8. The van der Waals surface area contributed by atoms with E-state index >= 15 is 0 Å². The van der Waals surface area contributed by atoms with Crippen LogP contribution in [-0.2, 0) is 9.59 Å². The first-order valence-corrected chi connectivity index (χ1v) is 6.65. The summed E-state index contributed by atoms with van der Waals surface area (Å²) in [4.78, 5) is 33.3. The SMILES string of the molecule is O=C1C(Cl)=C(c2ccc(Cl)cc2)C(=O)N1c1ccncn1. The lowest BCUT2D eigenvalue weighted by Gasteiger charge is -2.12. The fraction of sp³-hybridized carbons (Fsp3) is 0. The van der Waals surface area contributed by atoms with Gasteiger partial charge in [0.2, 0.25) is 0 Å². The van der Waals surface area contributed by atoms with Gasteiger partial charge in [-0.05, 0) is 23.8 Å². The minimum atomic E-state index is -0.606. The minimum Gasteiger partial charge on any atom is -0.268 e. The Morgan fingerprint density at radius 1 is 0.952 bits per heavy atom. The molecule has 104 valence electrons. The van der Waals surface area contributed by atoms with Crippen molar-refractivity contribution in [1.29, 1.82) is 0 Å². The van der Waals surface area contributed by atoms with E-state index < -0.39 is 11.8 Å². The highest BCUT2D eigenvalue weighted by Crippen LogP contribution is 2.34. The first-order chi connectivity index (χ1) is 10.1. The quantitative estimate of drug-likeness (QED) is 0.798. The number of carbonyl (C=O) groups is 2. The molecule has 0 N–H and O–H groups in total. The Morgan fingerprint density at radius 2 is 1.67 bits per heavy atom. The predicted molar refractivity (Wildman–Crippen MR) is 78.8 cm³/mol. The van der Waals surface area contributed by atoms with Gasteiger partial charge in [0.1, 0.15) is 17.2 Å². The number of benzene rings is 1. The van der Waals surface area contributed by atoms with Gasteiger partial charge in [0, 0.05) is 11.2 Å². The molecule has 0 radical (unpaired) electrons. The first kappa shape index (κ1) is 13.7. The molecular weight excluding hydrogens is 313 g/mol. The van der Waals surface area contributed by atoms with Gasteiger partial charge in [-0.2, -0.15) is 0 Å². The van der Waals surface area contributed by atoms with E-state index in [2.05, 4.69) is 9.97 Å². The van der Waals surface area contributed by atoms with Gasteiger partial charge in [-0.1, -0.05) is 35.3 Å². The second kappa shape index (κ2) is 5.27. The van der Waals surface area contributed by atoms with Crippen LogP contribution in [0.4, 0.5) is 5.82 Å². The van der Waals surface area contributed by atoms with Crippen molar-refractivity contribution in [3.63, 3.8) is 0 Å². The van der Waals surface area contributed by atoms with Crippen molar-refractivity contribution in [2.75, 3.05) is 4.90 Å². The van der Waals surface area contributed by atoms with E-state index in [-0.39, 0.29) is 16.4 Å². The molecule has 0 aliphatic carbocycles. The highest BCUT2D eigenvalue weighted by Gasteiger charge is 2.39. The highest BCUT2D eigenvalue weighted by atomic mass is 35.5. The molecule has 0 atom stereocenters. The molecule has 0 saturated heterocycles. The zero-order chi connectivity index (χ0) is 15.0. The van der Waals surface area contributed by atoms with Crippen molar-refractivity contribution in [1.82, 2.24) is 9.97 Å². The summed E-state index contributed by atoms with van der Waals surface area (Å²) in [7, 11) is 0. The van der Waals surface area contributed by atoms with Crippen molar-refractivity contribution >= 4 is 46.4 Å². The van der Waals surface area contributed by atoms with Crippen molar-refractivity contribution in [3.05, 3.63) is 58.5 Å². The van der Waals surface area contributed by atoms with Gasteiger partial charge in [-0.25, -0.2) is 14.9 Å². The average Bonchev–Trinajstić information content (AvgIpc) is 2.72. The zero-order valence-electron chi connectivity index (χ0n) is 10.5. The third-order valence-corrected chi connectivity index (χ3v) is 3.56. The van der Waals surface area contributed by atoms with Gasteiger partial charge in [-0.15, -0.1) is 0 Å². The molecule has 0 bridgehead atoms. The molecule has 0 spiro atoms. The lowest BCUT2D eigenvalue weighted by atomic mass is 10.1. The summed E-state index contributed by atoms with van der Waals surface area (Å²) in [6, 6.07) is 7.98. The van der Waals surface area contributed by atoms with Gasteiger partial charge in [0.25, 0.3) is 11.8 Å². The number of imide groups is 1. The molecule has 1 aliphatic heterocycles. The summed E-state index contributed by atoms with van der Waals surface area (Å²) < 4.78 is 0. The molecule has 0 saturated carbocycles. The maximum absolute atomic E-state index is 12.5. The predicted octanol–water partition coefficient (Wildman–Crippen LogP) is 2.65. The van der Waals surface area contributed by atoms with Crippen LogP contribution in [0.3, 0.4) is 0 Å². The van der Waals surface area contributed by atoms with Crippen molar-refractivity contribution in [2.45, 2.75) is 0 Å². The molecule has 0 unspecified atom stereocenters. The van der Waals surface area contributed by atoms with Crippen LogP contribution in [0, 0.1) is 0 Å². The molecule has 1 aliphatic rings. The van der Waals surface area contributed by atoms with Crippen LogP contribution in [0.5, 0.6) is 0 Å². The Balaban J connectivity index is 2.05.